The Morgan fingerprint density at radius 2 is 1.45 bits per heavy atom. The molecule has 0 saturated carbocycles. The lowest BCUT2D eigenvalue weighted by Crippen LogP contribution is -2.30. The van der Waals surface area contributed by atoms with E-state index < -0.39 is 0 Å². The zero-order valence-electron chi connectivity index (χ0n) is 17.1. The van der Waals surface area contributed by atoms with Gasteiger partial charge in [-0.3, -0.25) is 9.59 Å². The number of ether oxygens (including phenoxy) is 1. The van der Waals surface area contributed by atoms with Crippen molar-refractivity contribution in [2.75, 3.05) is 6.54 Å². The number of hydrogen-bond acceptors (Lipinski definition) is 3. The highest BCUT2D eigenvalue weighted by molar-refractivity contribution is 9.10. The fourth-order valence-corrected chi connectivity index (χ4v) is 3.26. The highest BCUT2D eigenvalue weighted by atomic mass is 79.9. The molecule has 31 heavy (non-hydrogen) atoms. The maximum absolute atomic E-state index is 12.2. The predicted octanol–water partition coefficient (Wildman–Crippen LogP) is 4.60. The van der Waals surface area contributed by atoms with Gasteiger partial charge in [0.05, 0.1) is 13.2 Å². The quantitative estimate of drug-likeness (QED) is 0.445. The third kappa shape index (κ3) is 7.66. The van der Waals surface area contributed by atoms with Crippen molar-refractivity contribution in [3.05, 3.63) is 106 Å². The van der Waals surface area contributed by atoms with E-state index in [1.807, 2.05) is 66.7 Å². The second-order valence-electron chi connectivity index (χ2n) is 7.04. The summed E-state index contributed by atoms with van der Waals surface area (Å²) in [5.41, 5.74) is 3.75. The lowest BCUT2D eigenvalue weighted by Gasteiger charge is -2.12. The zero-order valence-corrected chi connectivity index (χ0v) is 18.7. The van der Waals surface area contributed by atoms with Gasteiger partial charge in [0.15, 0.2) is 0 Å². The van der Waals surface area contributed by atoms with Gasteiger partial charge in [-0.1, -0.05) is 70.5 Å². The Morgan fingerprint density at radius 1 is 0.774 bits per heavy atom. The van der Waals surface area contributed by atoms with Gasteiger partial charge >= 0.3 is 0 Å². The Labute approximate surface area is 191 Å². The fraction of sp³-hybridized carbons (Fsp3) is 0.200. The summed E-state index contributed by atoms with van der Waals surface area (Å²) in [6.45, 7) is 1.72. The first-order valence-corrected chi connectivity index (χ1v) is 10.9. The smallest absolute Gasteiger partial charge is 0.251 e. The van der Waals surface area contributed by atoms with Crippen molar-refractivity contribution in [3.8, 4) is 0 Å². The molecule has 160 valence electrons. The van der Waals surface area contributed by atoms with Crippen LogP contribution in [0.3, 0.4) is 0 Å². The number of carbonyl (C=O) groups is 2. The van der Waals surface area contributed by atoms with Crippen LogP contribution in [-0.2, 0) is 29.3 Å². The average Bonchev–Trinajstić information content (AvgIpc) is 2.79. The fourth-order valence-electron chi connectivity index (χ4n) is 3.00. The summed E-state index contributed by atoms with van der Waals surface area (Å²) in [5.74, 6) is -0.308. The van der Waals surface area contributed by atoms with Gasteiger partial charge in [0, 0.05) is 29.5 Å². The Hall–Kier alpha value is -2.96. The van der Waals surface area contributed by atoms with Gasteiger partial charge in [0.25, 0.3) is 5.91 Å². The molecule has 3 aromatic rings. The van der Waals surface area contributed by atoms with Crippen LogP contribution >= 0.6 is 15.9 Å². The summed E-state index contributed by atoms with van der Waals surface area (Å²) < 4.78 is 6.74. The van der Waals surface area contributed by atoms with Crippen molar-refractivity contribution in [1.29, 1.82) is 0 Å². The molecule has 0 fully saturated rings. The van der Waals surface area contributed by atoms with E-state index in [0.717, 1.165) is 21.2 Å². The Kier molecular flexibility index (Phi) is 8.82. The van der Waals surface area contributed by atoms with Gasteiger partial charge in [-0.05, 0) is 41.0 Å². The third-order valence-electron chi connectivity index (χ3n) is 4.71. The van der Waals surface area contributed by atoms with Crippen molar-refractivity contribution in [1.82, 2.24) is 10.6 Å². The van der Waals surface area contributed by atoms with Gasteiger partial charge in [-0.2, -0.15) is 0 Å². The van der Waals surface area contributed by atoms with E-state index in [1.165, 1.54) is 0 Å². The van der Waals surface area contributed by atoms with Crippen LogP contribution in [0.2, 0.25) is 0 Å². The van der Waals surface area contributed by atoms with Crippen molar-refractivity contribution in [2.24, 2.45) is 0 Å². The molecule has 0 heterocycles. The summed E-state index contributed by atoms with van der Waals surface area (Å²) in [4.78, 5) is 24.3. The number of benzene rings is 3. The summed E-state index contributed by atoms with van der Waals surface area (Å²) in [7, 11) is 0. The molecule has 0 aromatic heterocycles. The molecular formula is C25H25BrN2O3. The molecule has 0 aliphatic carbocycles. The first kappa shape index (κ1) is 22.7. The van der Waals surface area contributed by atoms with Gasteiger partial charge in [0.1, 0.15) is 0 Å². The van der Waals surface area contributed by atoms with Crippen molar-refractivity contribution in [2.45, 2.75) is 26.2 Å². The predicted molar refractivity (Wildman–Crippen MR) is 124 cm³/mol. The number of amides is 2. The molecule has 3 aromatic carbocycles. The van der Waals surface area contributed by atoms with Gasteiger partial charge in [0.2, 0.25) is 5.91 Å². The highest BCUT2D eigenvalue weighted by Gasteiger charge is 2.08. The van der Waals surface area contributed by atoms with Crippen LogP contribution < -0.4 is 10.6 Å². The first-order chi connectivity index (χ1) is 15.1. The monoisotopic (exact) mass is 480 g/mol. The maximum Gasteiger partial charge on any atom is 0.251 e. The largest absolute Gasteiger partial charge is 0.372 e. The van der Waals surface area contributed by atoms with Crippen LogP contribution in [0.4, 0.5) is 0 Å². The molecule has 5 nitrogen and oxygen atoms in total. The normalized spacial score (nSPS) is 10.5. The molecule has 0 atom stereocenters. The van der Waals surface area contributed by atoms with Gasteiger partial charge in [-0.15, -0.1) is 0 Å². The number of nitrogens with one attached hydrogen (secondary N) is 2. The van der Waals surface area contributed by atoms with Crippen LogP contribution in [0.5, 0.6) is 0 Å². The Bertz CT molecular complexity index is 991. The topological polar surface area (TPSA) is 67.4 Å². The van der Waals surface area contributed by atoms with Gasteiger partial charge < -0.3 is 15.4 Å². The third-order valence-corrected chi connectivity index (χ3v) is 5.24. The number of halogens is 1. The van der Waals surface area contributed by atoms with Crippen LogP contribution in [0.25, 0.3) is 0 Å². The van der Waals surface area contributed by atoms with E-state index in [2.05, 4.69) is 26.6 Å². The number of rotatable bonds is 10. The lowest BCUT2D eigenvalue weighted by atomic mass is 10.1. The Morgan fingerprint density at radius 3 is 2.19 bits per heavy atom. The summed E-state index contributed by atoms with van der Waals surface area (Å²) in [6, 6.07) is 25.0. The molecule has 0 spiro atoms. The molecule has 2 N–H and O–H groups in total. The van der Waals surface area contributed by atoms with E-state index in [9.17, 15) is 9.59 Å². The molecule has 0 saturated heterocycles. The first-order valence-electron chi connectivity index (χ1n) is 10.1. The van der Waals surface area contributed by atoms with E-state index in [0.29, 0.717) is 25.3 Å². The number of hydrogen-bond donors (Lipinski definition) is 2. The van der Waals surface area contributed by atoms with Crippen molar-refractivity contribution >= 4 is 27.7 Å². The molecule has 2 amide bonds. The average molecular weight is 481 g/mol. The van der Waals surface area contributed by atoms with Crippen molar-refractivity contribution in [3.63, 3.8) is 0 Å². The zero-order chi connectivity index (χ0) is 21.9. The minimum absolute atomic E-state index is 0.115. The molecule has 0 aliphatic heterocycles. The van der Waals surface area contributed by atoms with Crippen LogP contribution in [-0.4, -0.2) is 18.4 Å². The molecule has 0 unspecified atom stereocenters. The van der Waals surface area contributed by atoms with Crippen LogP contribution in [0.1, 0.15) is 33.5 Å². The van der Waals surface area contributed by atoms with E-state index in [1.54, 1.807) is 12.1 Å². The second kappa shape index (κ2) is 12.0. The maximum atomic E-state index is 12.2. The van der Waals surface area contributed by atoms with E-state index in [-0.39, 0.29) is 24.8 Å². The molecule has 0 bridgehead atoms. The molecule has 0 aliphatic rings. The molecule has 6 heteroatoms. The molecular weight excluding hydrogens is 456 g/mol. The highest BCUT2D eigenvalue weighted by Crippen LogP contribution is 2.12. The number of carbonyl (C=O) groups excluding carboxylic acids is 2. The molecule has 0 radical (unpaired) electrons. The minimum Gasteiger partial charge on any atom is -0.372 e. The second-order valence-corrected chi connectivity index (χ2v) is 7.95. The van der Waals surface area contributed by atoms with E-state index >= 15 is 0 Å². The SMILES string of the molecule is O=C(CCNC(=O)c1ccc(Br)cc1)NCc1ccccc1COCc1ccccc1. The minimum atomic E-state index is -0.193. The van der Waals surface area contributed by atoms with Crippen molar-refractivity contribution < 1.29 is 14.3 Å². The standard InChI is InChI=1S/C25H25BrN2O3/c26-23-12-10-20(11-13-23)25(30)27-15-14-24(29)28-16-21-8-4-5-9-22(21)18-31-17-19-6-2-1-3-7-19/h1-13H,14-18H2,(H,27,30)(H,28,29). The lowest BCUT2D eigenvalue weighted by molar-refractivity contribution is -0.121. The summed E-state index contributed by atoms with van der Waals surface area (Å²) >= 11 is 3.34. The van der Waals surface area contributed by atoms with E-state index in [4.69, 9.17) is 4.74 Å². The Balaban J connectivity index is 1.40. The van der Waals surface area contributed by atoms with Crippen LogP contribution in [0, 0.1) is 0 Å². The van der Waals surface area contributed by atoms with Gasteiger partial charge in [-0.25, -0.2) is 0 Å². The summed E-state index contributed by atoms with van der Waals surface area (Å²) in [6.07, 6.45) is 0.217. The summed E-state index contributed by atoms with van der Waals surface area (Å²) in [5, 5.41) is 5.68. The molecule has 3 rings (SSSR count). The van der Waals surface area contributed by atoms with Crippen LogP contribution in [0.15, 0.2) is 83.3 Å².